The molecule has 0 saturated heterocycles. The smallest absolute Gasteiger partial charge is 0.387 e. The lowest BCUT2D eigenvalue weighted by Gasteiger charge is -2.15. The molecule has 28 heavy (non-hydrogen) atoms. The van der Waals surface area contributed by atoms with Gasteiger partial charge >= 0.3 is 6.61 Å². The van der Waals surface area contributed by atoms with Crippen molar-refractivity contribution in [2.75, 3.05) is 7.05 Å². The molecule has 0 spiro atoms. The lowest BCUT2D eigenvalue weighted by atomic mass is 10.2. The van der Waals surface area contributed by atoms with E-state index >= 15 is 0 Å². The number of nitrogens with one attached hydrogen (secondary N) is 2. The second-order valence-electron chi connectivity index (χ2n) is 6.30. The monoisotopic (exact) mass is 527 g/mol. The first kappa shape index (κ1) is 24.4. The van der Waals surface area contributed by atoms with E-state index in [1.165, 1.54) is 12.1 Å². The molecule has 0 amide bonds. The Hall–Kier alpha value is -1.62. The maximum Gasteiger partial charge on any atom is 0.387 e. The molecule has 1 aromatic carbocycles. The van der Waals surface area contributed by atoms with Crippen molar-refractivity contribution < 1.29 is 13.5 Å². The SMILES string of the molecule is CN=C(NCc1cc(Cl)ccc1OC(F)F)NCc1nccn1CC(C)C.I. The molecule has 156 valence electrons. The van der Waals surface area contributed by atoms with Gasteiger partial charge in [0.2, 0.25) is 0 Å². The summed E-state index contributed by atoms with van der Waals surface area (Å²) < 4.78 is 31.7. The molecule has 0 saturated carbocycles. The van der Waals surface area contributed by atoms with Crippen LogP contribution in [-0.2, 0) is 19.6 Å². The number of guanidine groups is 1. The average Bonchev–Trinajstić information content (AvgIpc) is 3.03. The Labute approximate surface area is 185 Å². The Morgan fingerprint density at radius 3 is 2.64 bits per heavy atom. The van der Waals surface area contributed by atoms with E-state index in [1.54, 1.807) is 19.3 Å². The third-order valence-corrected chi connectivity index (χ3v) is 3.92. The first-order valence-corrected chi connectivity index (χ1v) is 8.94. The Kier molecular flexibility index (Phi) is 10.5. The molecule has 0 aliphatic rings. The highest BCUT2D eigenvalue weighted by Crippen LogP contribution is 2.24. The van der Waals surface area contributed by atoms with Crippen LogP contribution in [0.5, 0.6) is 5.75 Å². The van der Waals surface area contributed by atoms with E-state index in [4.69, 9.17) is 11.6 Å². The molecular weight excluding hydrogens is 503 g/mol. The second kappa shape index (κ2) is 12.1. The summed E-state index contributed by atoms with van der Waals surface area (Å²) in [4.78, 5) is 8.49. The van der Waals surface area contributed by atoms with Crippen LogP contribution in [0.15, 0.2) is 35.6 Å². The highest BCUT2D eigenvalue weighted by atomic mass is 127. The summed E-state index contributed by atoms with van der Waals surface area (Å²) in [6.07, 6.45) is 3.70. The fourth-order valence-electron chi connectivity index (χ4n) is 2.53. The van der Waals surface area contributed by atoms with Crippen molar-refractivity contribution in [3.05, 3.63) is 47.0 Å². The van der Waals surface area contributed by atoms with Crippen LogP contribution in [-0.4, -0.2) is 29.2 Å². The number of alkyl halides is 2. The first-order valence-electron chi connectivity index (χ1n) is 8.56. The van der Waals surface area contributed by atoms with Crippen molar-refractivity contribution in [2.45, 2.75) is 40.1 Å². The molecule has 0 aliphatic heterocycles. The van der Waals surface area contributed by atoms with E-state index in [1.807, 2.05) is 6.20 Å². The highest BCUT2D eigenvalue weighted by molar-refractivity contribution is 14.0. The van der Waals surface area contributed by atoms with E-state index in [0.29, 0.717) is 29.0 Å². The Bertz CT molecular complexity index is 770. The molecule has 6 nitrogen and oxygen atoms in total. The zero-order valence-electron chi connectivity index (χ0n) is 16.0. The molecule has 2 N–H and O–H groups in total. The quantitative estimate of drug-likeness (QED) is 0.306. The molecule has 0 bridgehead atoms. The zero-order chi connectivity index (χ0) is 19.8. The first-order chi connectivity index (χ1) is 12.9. The molecule has 1 aromatic heterocycles. The van der Waals surface area contributed by atoms with Crippen molar-refractivity contribution in [2.24, 2.45) is 10.9 Å². The number of benzene rings is 1. The van der Waals surface area contributed by atoms with E-state index in [2.05, 4.69) is 43.8 Å². The van der Waals surface area contributed by atoms with Crippen molar-refractivity contribution in [1.82, 2.24) is 20.2 Å². The largest absolute Gasteiger partial charge is 0.434 e. The van der Waals surface area contributed by atoms with Crippen LogP contribution < -0.4 is 15.4 Å². The third kappa shape index (κ3) is 7.78. The van der Waals surface area contributed by atoms with Crippen molar-refractivity contribution in [3.8, 4) is 5.75 Å². The van der Waals surface area contributed by atoms with Crippen LogP contribution >= 0.6 is 35.6 Å². The average molecular weight is 528 g/mol. The highest BCUT2D eigenvalue weighted by Gasteiger charge is 2.11. The van der Waals surface area contributed by atoms with Gasteiger partial charge in [-0.15, -0.1) is 24.0 Å². The summed E-state index contributed by atoms with van der Waals surface area (Å²) in [6.45, 7) is 2.96. The molecule has 0 atom stereocenters. The van der Waals surface area contributed by atoms with Gasteiger partial charge in [0.15, 0.2) is 5.96 Å². The standard InChI is InChI=1S/C18H24ClF2N5O.HI/c1-12(2)11-26-7-6-23-16(26)10-25-18(22-3)24-9-13-8-14(19)4-5-15(13)27-17(20)21;/h4-8,12,17H,9-11H2,1-3H3,(H2,22,24,25);1H. The minimum Gasteiger partial charge on any atom is -0.434 e. The summed E-state index contributed by atoms with van der Waals surface area (Å²) >= 11 is 5.96. The topological polar surface area (TPSA) is 63.5 Å². The number of ether oxygens (including phenoxy) is 1. The molecule has 2 rings (SSSR count). The molecule has 1 heterocycles. The fourth-order valence-corrected chi connectivity index (χ4v) is 2.72. The van der Waals surface area contributed by atoms with Gasteiger partial charge in [-0.25, -0.2) is 4.98 Å². The molecule has 0 fully saturated rings. The molecular formula is C18H25ClF2IN5O. The van der Waals surface area contributed by atoms with Crippen LogP contribution in [0, 0.1) is 5.92 Å². The number of rotatable bonds is 8. The molecule has 0 unspecified atom stereocenters. The van der Waals surface area contributed by atoms with Crippen molar-refractivity contribution >= 4 is 41.5 Å². The number of imidazole rings is 1. The Morgan fingerprint density at radius 2 is 2.00 bits per heavy atom. The van der Waals surface area contributed by atoms with Gasteiger partial charge in [-0.05, 0) is 24.1 Å². The summed E-state index contributed by atoms with van der Waals surface area (Å²) in [6, 6.07) is 4.50. The molecule has 0 aliphatic carbocycles. The molecule has 2 aromatic rings. The van der Waals surface area contributed by atoms with Gasteiger partial charge in [0, 0.05) is 43.1 Å². The minimum atomic E-state index is -2.90. The van der Waals surface area contributed by atoms with E-state index in [-0.39, 0.29) is 36.3 Å². The maximum absolute atomic E-state index is 12.6. The third-order valence-electron chi connectivity index (χ3n) is 3.69. The number of hydrogen-bond acceptors (Lipinski definition) is 3. The summed E-state index contributed by atoms with van der Waals surface area (Å²) in [5, 5.41) is 6.67. The van der Waals surface area contributed by atoms with Gasteiger partial charge in [-0.1, -0.05) is 25.4 Å². The Balaban J connectivity index is 0.00000392. The normalized spacial score (nSPS) is 11.5. The number of aromatic nitrogens is 2. The number of halogens is 4. The maximum atomic E-state index is 12.6. The van der Waals surface area contributed by atoms with Gasteiger partial charge < -0.3 is 19.9 Å². The second-order valence-corrected chi connectivity index (χ2v) is 6.74. The van der Waals surface area contributed by atoms with Crippen molar-refractivity contribution in [3.63, 3.8) is 0 Å². The van der Waals surface area contributed by atoms with Gasteiger partial charge in [0.1, 0.15) is 11.6 Å². The summed E-state index contributed by atoms with van der Waals surface area (Å²) in [5.41, 5.74) is 0.507. The number of aliphatic imine (C=N–C) groups is 1. The fraction of sp³-hybridized carbons (Fsp3) is 0.444. The van der Waals surface area contributed by atoms with Crippen LogP contribution in [0.1, 0.15) is 25.2 Å². The molecule has 10 heteroatoms. The van der Waals surface area contributed by atoms with E-state index in [0.717, 1.165) is 12.4 Å². The van der Waals surface area contributed by atoms with E-state index in [9.17, 15) is 8.78 Å². The van der Waals surface area contributed by atoms with Crippen LogP contribution in [0.2, 0.25) is 5.02 Å². The lowest BCUT2D eigenvalue weighted by Crippen LogP contribution is -2.37. The van der Waals surface area contributed by atoms with Crippen LogP contribution in [0.25, 0.3) is 0 Å². The minimum absolute atomic E-state index is 0. The number of nitrogens with zero attached hydrogens (tertiary/aromatic N) is 3. The van der Waals surface area contributed by atoms with Gasteiger partial charge in [-0.3, -0.25) is 4.99 Å². The van der Waals surface area contributed by atoms with Crippen LogP contribution in [0.3, 0.4) is 0 Å². The van der Waals surface area contributed by atoms with Gasteiger partial charge in [0.25, 0.3) is 0 Å². The zero-order valence-corrected chi connectivity index (χ0v) is 19.0. The predicted octanol–water partition coefficient (Wildman–Crippen LogP) is 4.28. The van der Waals surface area contributed by atoms with E-state index < -0.39 is 6.61 Å². The predicted molar refractivity (Wildman–Crippen MR) is 118 cm³/mol. The van der Waals surface area contributed by atoms with Crippen molar-refractivity contribution in [1.29, 1.82) is 0 Å². The van der Waals surface area contributed by atoms with Crippen LogP contribution in [0.4, 0.5) is 8.78 Å². The van der Waals surface area contributed by atoms with Gasteiger partial charge in [-0.2, -0.15) is 8.78 Å². The Morgan fingerprint density at radius 1 is 1.29 bits per heavy atom. The van der Waals surface area contributed by atoms with Gasteiger partial charge in [0.05, 0.1) is 6.54 Å². The number of hydrogen-bond donors (Lipinski definition) is 2. The summed E-state index contributed by atoms with van der Waals surface area (Å²) in [5.74, 6) is 1.98. The summed E-state index contributed by atoms with van der Waals surface area (Å²) in [7, 11) is 1.63. The lowest BCUT2D eigenvalue weighted by molar-refractivity contribution is -0.0504. The molecule has 0 radical (unpaired) electrons.